The molecule has 4 rings (SSSR count). The number of thioether (sulfide) groups is 1. The molecule has 1 fully saturated rings. The van der Waals surface area contributed by atoms with E-state index in [9.17, 15) is 29.8 Å². The van der Waals surface area contributed by atoms with Crippen molar-refractivity contribution in [2.45, 2.75) is 0 Å². The predicted molar refractivity (Wildman–Crippen MR) is 145 cm³/mol. The molecule has 1 saturated heterocycles. The normalized spacial score (nSPS) is 14.0. The van der Waals surface area contributed by atoms with Crippen LogP contribution in [-0.2, 0) is 4.79 Å². The summed E-state index contributed by atoms with van der Waals surface area (Å²) in [6, 6.07) is 14.7. The maximum absolute atomic E-state index is 13.0. The molecule has 0 spiro atoms. The van der Waals surface area contributed by atoms with Gasteiger partial charge in [-0.05, 0) is 54.2 Å². The van der Waals surface area contributed by atoms with Crippen LogP contribution < -0.4 is 14.2 Å². The van der Waals surface area contributed by atoms with Gasteiger partial charge in [0.15, 0.2) is 11.5 Å². The molecule has 0 unspecified atom stereocenters. The average Bonchev–Trinajstić information content (AvgIpc) is 3.17. The highest BCUT2D eigenvalue weighted by molar-refractivity contribution is 9.10. The van der Waals surface area contributed by atoms with Gasteiger partial charge in [0.1, 0.15) is 12.4 Å². The van der Waals surface area contributed by atoms with Crippen LogP contribution in [0.2, 0.25) is 0 Å². The Morgan fingerprint density at radius 1 is 0.949 bits per heavy atom. The zero-order valence-corrected chi connectivity index (χ0v) is 22.5. The third-order valence-electron chi connectivity index (χ3n) is 5.34. The summed E-state index contributed by atoms with van der Waals surface area (Å²) in [6.45, 7) is 0.0393. The van der Waals surface area contributed by atoms with Crippen molar-refractivity contribution in [1.82, 2.24) is 4.90 Å². The molecule has 0 saturated carbocycles. The van der Waals surface area contributed by atoms with Crippen molar-refractivity contribution < 1.29 is 33.6 Å². The van der Waals surface area contributed by atoms with E-state index in [1.165, 1.54) is 19.3 Å². The number of para-hydroxylation sites is 2. The molecule has 0 atom stereocenters. The van der Waals surface area contributed by atoms with Gasteiger partial charge in [-0.25, -0.2) is 0 Å². The van der Waals surface area contributed by atoms with E-state index in [0.717, 1.165) is 34.9 Å². The number of methoxy groups -OCH3 is 1. The Hall–Kier alpha value is -4.43. The lowest BCUT2D eigenvalue weighted by molar-refractivity contribution is -0.394. The summed E-state index contributed by atoms with van der Waals surface area (Å²) in [5.41, 5.74) is -0.727. The van der Waals surface area contributed by atoms with Crippen molar-refractivity contribution in [3.8, 4) is 23.0 Å². The quantitative estimate of drug-likeness (QED) is 0.147. The molecule has 0 N–H and O–H groups in total. The number of amides is 2. The smallest absolute Gasteiger partial charge is 0.318 e. The standard InChI is InChI=1S/C25H18BrN3O9S/c1-36-21-4-2-3-5-22(21)37-11-10-27-24(30)23(39-25(27)31)13-15-12-16(26)6-8-19(15)38-20-9-7-17(28(32)33)14-18(20)29(34)35/h2-9,12-14H,10-11H2,1H3/b23-13-. The highest BCUT2D eigenvalue weighted by Crippen LogP contribution is 2.39. The van der Waals surface area contributed by atoms with Crippen LogP contribution in [0.1, 0.15) is 5.56 Å². The number of hydrogen-bond acceptors (Lipinski definition) is 10. The van der Waals surface area contributed by atoms with Crippen LogP contribution >= 0.6 is 27.7 Å². The van der Waals surface area contributed by atoms with Crippen LogP contribution in [0.15, 0.2) is 70.0 Å². The first-order chi connectivity index (χ1) is 18.7. The predicted octanol–water partition coefficient (Wildman–Crippen LogP) is 6.18. The summed E-state index contributed by atoms with van der Waals surface area (Å²) in [5.74, 6) is 0.340. The Bertz CT molecular complexity index is 1510. The van der Waals surface area contributed by atoms with E-state index < -0.39 is 32.4 Å². The molecule has 3 aromatic rings. The number of imide groups is 1. The molecule has 0 aromatic heterocycles. The van der Waals surface area contributed by atoms with Gasteiger partial charge in [-0.15, -0.1) is 0 Å². The van der Waals surface area contributed by atoms with Gasteiger partial charge in [0.05, 0.1) is 34.5 Å². The molecule has 14 heteroatoms. The Labute approximate surface area is 233 Å². The molecule has 39 heavy (non-hydrogen) atoms. The number of ether oxygens (including phenoxy) is 3. The number of carbonyl (C=O) groups is 2. The third-order valence-corrected chi connectivity index (χ3v) is 6.74. The molecular weight excluding hydrogens is 598 g/mol. The number of nitro benzene ring substituents is 2. The maximum Gasteiger partial charge on any atom is 0.318 e. The second-order valence-electron chi connectivity index (χ2n) is 7.78. The zero-order valence-electron chi connectivity index (χ0n) is 20.1. The van der Waals surface area contributed by atoms with Gasteiger partial charge in [-0.3, -0.25) is 34.7 Å². The number of carbonyl (C=O) groups excluding carboxylic acids is 2. The van der Waals surface area contributed by atoms with E-state index in [1.54, 1.807) is 36.4 Å². The zero-order chi connectivity index (χ0) is 28.1. The van der Waals surface area contributed by atoms with Gasteiger partial charge in [-0.2, -0.15) is 0 Å². The van der Waals surface area contributed by atoms with Gasteiger partial charge in [0.2, 0.25) is 5.75 Å². The van der Waals surface area contributed by atoms with Gasteiger partial charge in [0.25, 0.3) is 16.8 Å². The molecule has 1 aliphatic heterocycles. The number of nitrogens with zero attached hydrogens (tertiary/aromatic N) is 3. The summed E-state index contributed by atoms with van der Waals surface area (Å²) in [4.78, 5) is 47.7. The van der Waals surface area contributed by atoms with Crippen molar-refractivity contribution in [3.05, 3.63) is 95.8 Å². The molecular formula is C25H18BrN3O9S. The fraction of sp³-hybridized carbons (Fsp3) is 0.120. The van der Waals surface area contributed by atoms with E-state index in [1.807, 2.05) is 0 Å². The Kier molecular flexibility index (Phi) is 8.46. The number of halogens is 1. The van der Waals surface area contributed by atoms with Crippen LogP contribution in [0.4, 0.5) is 16.2 Å². The number of non-ortho nitro benzene ring substituents is 1. The van der Waals surface area contributed by atoms with Crippen LogP contribution in [0.5, 0.6) is 23.0 Å². The van der Waals surface area contributed by atoms with Gasteiger partial charge in [0, 0.05) is 16.1 Å². The van der Waals surface area contributed by atoms with Crippen molar-refractivity contribution in [2.24, 2.45) is 0 Å². The molecule has 1 aliphatic rings. The van der Waals surface area contributed by atoms with E-state index in [2.05, 4.69) is 15.9 Å². The molecule has 0 bridgehead atoms. The Morgan fingerprint density at radius 2 is 1.67 bits per heavy atom. The van der Waals surface area contributed by atoms with Gasteiger partial charge in [-0.1, -0.05) is 28.1 Å². The summed E-state index contributed by atoms with van der Waals surface area (Å²) in [6.07, 6.45) is 1.43. The summed E-state index contributed by atoms with van der Waals surface area (Å²) in [5, 5.41) is 22.1. The van der Waals surface area contributed by atoms with E-state index in [0.29, 0.717) is 21.5 Å². The molecule has 12 nitrogen and oxygen atoms in total. The lowest BCUT2D eigenvalue weighted by Crippen LogP contribution is -2.32. The molecule has 3 aromatic carbocycles. The van der Waals surface area contributed by atoms with E-state index >= 15 is 0 Å². The molecule has 0 aliphatic carbocycles. The maximum atomic E-state index is 13.0. The lowest BCUT2D eigenvalue weighted by atomic mass is 10.1. The van der Waals surface area contributed by atoms with Crippen molar-refractivity contribution in [2.75, 3.05) is 20.3 Å². The Balaban J connectivity index is 1.55. The summed E-state index contributed by atoms with van der Waals surface area (Å²) in [7, 11) is 1.50. The first-order valence-corrected chi connectivity index (χ1v) is 12.7. The average molecular weight is 616 g/mol. The minimum absolute atomic E-state index is 0.00309. The van der Waals surface area contributed by atoms with Crippen LogP contribution in [0, 0.1) is 20.2 Å². The van der Waals surface area contributed by atoms with Gasteiger partial charge < -0.3 is 14.2 Å². The monoisotopic (exact) mass is 615 g/mol. The Morgan fingerprint density at radius 3 is 2.36 bits per heavy atom. The summed E-state index contributed by atoms with van der Waals surface area (Å²) < 4.78 is 17.3. The minimum Gasteiger partial charge on any atom is -0.493 e. The SMILES string of the molecule is COc1ccccc1OCCN1C(=O)S/C(=C\c2cc(Br)ccc2Oc2ccc([N+](=O)[O-])cc2[N+](=O)[O-])C1=O. The minimum atomic E-state index is -0.792. The van der Waals surface area contributed by atoms with Crippen LogP contribution in [0.3, 0.4) is 0 Å². The van der Waals surface area contributed by atoms with Crippen molar-refractivity contribution >= 4 is 56.3 Å². The second-order valence-corrected chi connectivity index (χ2v) is 9.69. The van der Waals surface area contributed by atoms with Crippen molar-refractivity contribution in [3.63, 3.8) is 0 Å². The first kappa shape index (κ1) is 27.6. The van der Waals surface area contributed by atoms with Gasteiger partial charge >= 0.3 is 5.69 Å². The highest BCUT2D eigenvalue weighted by Gasteiger charge is 2.35. The molecule has 0 radical (unpaired) electrons. The largest absolute Gasteiger partial charge is 0.493 e. The number of hydrogen-bond donors (Lipinski definition) is 0. The first-order valence-electron chi connectivity index (χ1n) is 11.1. The lowest BCUT2D eigenvalue weighted by Gasteiger charge is -2.14. The molecule has 1 heterocycles. The van der Waals surface area contributed by atoms with Crippen molar-refractivity contribution in [1.29, 1.82) is 0 Å². The van der Waals surface area contributed by atoms with E-state index in [4.69, 9.17) is 14.2 Å². The fourth-order valence-corrected chi connectivity index (χ4v) is 4.75. The fourth-order valence-electron chi connectivity index (χ4n) is 3.51. The van der Waals surface area contributed by atoms with Crippen LogP contribution in [0.25, 0.3) is 6.08 Å². The van der Waals surface area contributed by atoms with Crippen LogP contribution in [-0.4, -0.2) is 46.2 Å². The number of benzene rings is 3. The molecule has 200 valence electrons. The second kappa shape index (κ2) is 12.0. The number of rotatable bonds is 10. The number of nitro groups is 2. The molecule has 2 amide bonds. The third kappa shape index (κ3) is 6.35. The highest BCUT2D eigenvalue weighted by atomic mass is 79.9. The van der Waals surface area contributed by atoms with E-state index in [-0.39, 0.29) is 29.6 Å². The summed E-state index contributed by atoms with van der Waals surface area (Å²) >= 11 is 4.07. The topological polar surface area (TPSA) is 151 Å².